The number of ether oxygens (including phenoxy) is 2. The van der Waals surface area contributed by atoms with E-state index in [1.54, 1.807) is 19.4 Å². The number of hydrogen-bond donors (Lipinski definition) is 1. The minimum atomic E-state index is 0.0681. The standard InChI is InChI=1S/C22H27N3O3/c1-27-19-9-2-3-10-20(19)28-21-12-11-16(15-23-21)24-22(26)17-7-6-14-25-13-5-4-8-18(17)25/h2-3,9-12,15,17-18H,4-8,13-14H2,1H3,(H,24,26)/t17-,18-/m1/s1. The number of aromatic nitrogens is 1. The number of amides is 1. The number of carbonyl (C=O) groups is 1. The first-order chi connectivity index (χ1) is 13.7. The smallest absolute Gasteiger partial charge is 0.229 e. The number of carbonyl (C=O) groups excluding carboxylic acids is 1. The normalized spacial score (nSPS) is 22.2. The zero-order chi connectivity index (χ0) is 19.3. The van der Waals surface area contributed by atoms with Gasteiger partial charge in [-0.05, 0) is 57.0 Å². The summed E-state index contributed by atoms with van der Waals surface area (Å²) < 4.78 is 11.1. The van der Waals surface area contributed by atoms with Gasteiger partial charge in [0.15, 0.2) is 11.5 Å². The van der Waals surface area contributed by atoms with Crippen molar-refractivity contribution in [1.82, 2.24) is 9.88 Å². The predicted molar refractivity (Wildman–Crippen MR) is 108 cm³/mol. The second kappa shape index (κ2) is 8.61. The van der Waals surface area contributed by atoms with Gasteiger partial charge in [-0.25, -0.2) is 4.98 Å². The fraction of sp³-hybridized carbons (Fsp3) is 0.455. The number of pyridine rings is 1. The van der Waals surface area contributed by atoms with Crippen LogP contribution in [0.2, 0.25) is 0 Å². The maximum atomic E-state index is 12.9. The molecular weight excluding hydrogens is 354 g/mol. The molecule has 2 atom stereocenters. The van der Waals surface area contributed by atoms with Crippen LogP contribution < -0.4 is 14.8 Å². The molecule has 6 heteroatoms. The molecule has 0 saturated carbocycles. The number of fused-ring (bicyclic) bond motifs is 1. The lowest BCUT2D eigenvalue weighted by Gasteiger charge is -2.43. The van der Waals surface area contributed by atoms with Crippen molar-refractivity contribution in [2.45, 2.75) is 38.1 Å². The van der Waals surface area contributed by atoms with Crippen LogP contribution in [0, 0.1) is 5.92 Å². The molecule has 2 aliphatic heterocycles. The first-order valence-corrected chi connectivity index (χ1v) is 10.1. The third-order valence-electron chi connectivity index (χ3n) is 5.71. The molecule has 1 aromatic heterocycles. The number of benzene rings is 1. The zero-order valence-electron chi connectivity index (χ0n) is 16.3. The minimum absolute atomic E-state index is 0.0681. The third kappa shape index (κ3) is 4.12. The van der Waals surface area contributed by atoms with Gasteiger partial charge in [0.05, 0.1) is 24.9 Å². The van der Waals surface area contributed by atoms with Gasteiger partial charge in [0.25, 0.3) is 0 Å². The minimum Gasteiger partial charge on any atom is -0.493 e. The molecule has 1 amide bonds. The summed E-state index contributed by atoms with van der Waals surface area (Å²) in [5, 5.41) is 3.05. The van der Waals surface area contributed by atoms with E-state index in [9.17, 15) is 4.79 Å². The van der Waals surface area contributed by atoms with Gasteiger partial charge in [-0.2, -0.15) is 0 Å². The highest BCUT2D eigenvalue weighted by Crippen LogP contribution is 2.32. The van der Waals surface area contributed by atoms with Crippen LogP contribution in [-0.4, -0.2) is 42.0 Å². The van der Waals surface area contributed by atoms with Gasteiger partial charge in [-0.3, -0.25) is 9.69 Å². The number of anilines is 1. The van der Waals surface area contributed by atoms with Crippen molar-refractivity contribution in [1.29, 1.82) is 0 Å². The van der Waals surface area contributed by atoms with Crippen LogP contribution in [0.15, 0.2) is 42.6 Å². The number of para-hydroxylation sites is 2. The van der Waals surface area contributed by atoms with E-state index in [1.807, 2.05) is 30.3 Å². The van der Waals surface area contributed by atoms with Crippen LogP contribution >= 0.6 is 0 Å². The maximum absolute atomic E-state index is 12.9. The fourth-order valence-electron chi connectivity index (χ4n) is 4.33. The Bertz CT molecular complexity index is 807. The van der Waals surface area contributed by atoms with Crippen molar-refractivity contribution in [3.8, 4) is 17.4 Å². The highest BCUT2D eigenvalue weighted by Gasteiger charge is 2.37. The van der Waals surface area contributed by atoms with Gasteiger partial charge >= 0.3 is 0 Å². The molecule has 3 heterocycles. The molecule has 6 nitrogen and oxygen atoms in total. The Kier molecular flexibility index (Phi) is 5.76. The molecule has 148 valence electrons. The van der Waals surface area contributed by atoms with E-state index in [-0.39, 0.29) is 11.8 Å². The van der Waals surface area contributed by atoms with Crippen molar-refractivity contribution in [3.63, 3.8) is 0 Å². The molecule has 0 spiro atoms. The van der Waals surface area contributed by atoms with Crippen molar-refractivity contribution in [2.24, 2.45) is 5.92 Å². The number of hydrogen-bond acceptors (Lipinski definition) is 5. The summed E-state index contributed by atoms with van der Waals surface area (Å²) in [5.74, 6) is 1.89. The molecule has 2 aliphatic rings. The molecule has 1 N–H and O–H groups in total. The van der Waals surface area contributed by atoms with Gasteiger partial charge in [0.2, 0.25) is 11.8 Å². The molecule has 2 saturated heterocycles. The molecule has 28 heavy (non-hydrogen) atoms. The number of rotatable bonds is 5. The van der Waals surface area contributed by atoms with Crippen molar-refractivity contribution >= 4 is 11.6 Å². The van der Waals surface area contributed by atoms with E-state index >= 15 is 0 Å². The number of piperidine rings is 2. The molecule has 0 unspecified atom stereocenters. The summed E-state index contributed by atoms with van der Waals surface area (Å²) in [5.41, 5.74) is 0.699. The maximum Gasteiger partial charge on any atom is 0.229 e. The van der Waals surface area contributed by atoms with Crippen molar-refractivity contribution in [3.05, 3.63) is 42.6 Å². The molecule has 2 fully saturated rings. The SMILES string of the molecule is COc1ccccc1Oc1ccc(NC(=O)[C@@H]2CCCN3CCCC[C@H]23)cn1. The topological polar surface area (TPSA) is 63.7 Å². The Morgan fingerprint density at radius 1 is 1.07 bits per heavy atom. The Morgan fingerprint density at radius 3 is 2.68 bits per heavy atom. The van der Waals surface area contributed by atoms with Crippen LogP contribution in [0.1, 0.15) is 32.1 Å². The summed E-state index contributed by atoms with van der Waals surface area (Å²) in [6.07, 6.45) is 7.31. The van der Waals surface area contributed by atoms with E-state index in [1.165, 1.54) is 12.8 Å². The Labute approximate surface area is 165 Å². The highest BCUT2D eigenvalue weighted by molar-refractivity contribution is 5.93. The second-order valence-corrected chi connectivity index (χ2v) is 7.48. The lowest BCUT2D eigenvalue weighted by Crippen LogP contribution is -2.51. The van der Waals surface area contributed by atoms with Gasteiger partial charge in [0.1, 0.15) is 0 Å². The van der Waals surface area contributed by atoms with E-state index in [0.717, 1.165) is 32.4 Å². The number of nitrogens with zero attached hydrogens (tertiary/aromatic N) is 2. The predicted octanol–water partition coefficient (Wildman–Crippen LogP) is 4.09. The summed E-state index contributed by atoms with van der Waals surface area (Å²) in [6, 6.07) is 11.4. The monoisotopic (exact) mass is 381 g/mol. The van der Waals surface area contributed by atoms with Gasteiger partial charge < -0.3 is 14.8 Å². The van der Waals surface area contributed by atoms with Crippen LogP contribution in [0.5, 0.6) is 17.4 Å². The molecule has 0 bridgehead atoms. The quantitative estimate of drug-likeness (QED) is 0.845. The van der Waals surface area contributed by atoms with Crippen LogP contribution in [0.25, 0.3) is 0 Å². The first-order valence-electron chi connectivity index (χ1n) is 10.1. The van der Waals surface area contributed by atoms with Gasteiger partial charge in [-0.1, -0.05) is 18.6 Å². The third-order valence-corrected chi connectivity index (χ3v) is 5.71. The first kappa shape index (κ1) is 18.7. The lowest BCUT2D eigenvalue weighted by atomic mass is 9.83. The van der Waals surface area contributed by atoms with Crippen molar-refractivity contribution < 1.29 is 14.3 Å². The molecule has 0 aliphatic carbocycles. The lowest BCUT2D eigenvalue weighted by molar-refractivity contribution is -0.124. The van der Waals surface area contributed by atoms with E-state index in [2.05, 4.69) is 15.2 Å². The molecular formula is C22H27N3O3. The molecule has 4 rings (SSSR count). The Hall–Kier alpha value is -2.60. The molecule has 1 aromatic carbocycles. The number of nitrogens with one attached hydrogen (secondary N) is 1. The average molecular weight is 381 g/mol. The van der Waals surface area contributed by atoms with E-state index in [4.69, 9.17) is 9.47 Å². The summed E-state index contributed by atoms with van der Waals surface area (Å²) in [6.45, 7) is 2.26. The van der Waals surface area contributed by atoms with E-state index < -0.39 is 0 Å². The summed E-state index contributed by atoms with van der Waals surface area (Å²) in [4.78, 5) is 19.7. The molecule has 0 radical (unpaired) electrons. The van der Waals surface area contributed by atoms with Crippen molar-refractivity contribution in [2.75, 3.05) is 25.5 Å². The fourth-order valence-corrected chi connectivity index (χ4v) is 4.33. The zero-order valence-corrected chi connectivity index (χ0v) is 16.3. The second-order valence-electron chi connectivity index (χ2n) is 7.48. The Morgan fingerprint density at radius 2 is 1.89 bits per heavy atom. The van der Waals surface area contributed by atoms with Crippen LogP contribution in [-0.2, 0) is 4.79 Å². The number of methoxy groups -OCH3 is 1. The summed E-state index contributed by atoms with van der Waals surface area (Å²) >= 11 is 0. The van der Waals surface area contributed by atoms with Gasteiger partial charge in [-0.15, -0.1) is 0 Å². The largest absolute Gasteiger partial charge is 0.493 e. The van der Waals surface area contributed by atoms with E-state index in [0.29, 0.717) is 29.1 Å². The average Bonchev–Trinajstić information content (AvgIpc) is 2.75. The van der Waals surface area contributed by atoms with Crippen LogP contribution in [0.3, 0.4) is 0 Å². The van der Waals surface area contributed by atoms with Crippen LogP contribution in [0.4, 0.5) is 5.69 Å². The molecule has 2 aromatic rings. The Balaban J connectivity index is 1.39. The summed E-state index contributed by atoms with van der Waals surface area (Å²) in [7, 11) is 1.60. The van der Waals surface area contributed by atoms with Gasteiger partial charge in [0, 0.05) is 12.1 Å². The highest BCUT2D eigenvalue weighted by atomic mass is 16.5.